The minimum atomic E-state index is -0.249. The summed E-state index contributed by atoms with van der Waals surface area (Å²) in [5.74, 6) is 0.615. The van der Waals surface area contributed by atoms with Crippen LogP contribution in [-0.2, 0) is 11.3 Å². The highest BCUT2D eigenvalue weighted by Gasteiger charge is 2.15. The maximum absolute atomic E-state index is 11.9. The second-order valence-electron chi connectivity index (χ2n) is 4.60. The maximum atomic E-state index is 11.9. The summed E-state index contributed by atoms with van der Waals surface area (Å²) < 4.78 is 5.16. The van der Waals surface area contributed by atoms with E-state index in [9.17, 15) is 4.79 Å². The molecule has 1 N–H and O–H groups in total. The zero-order valence-corrected chi connectivity index (χ0v) is 12.4. The first-order valence-corrected chi connectivity index (χ1v) is 6.58. The number of hydrogen-bond donors (Lipinski definition) is 1. The molecule has 1 unspecified atom stereocenters. The van der Waals surface area contributed by atoms with Gasteiger partial charge in [-0.05, 0) is 31.5 Å². The monoisotopic (exact) mass is 275 g/mol. The highest BCUT2D eigenvalue weighted by molar-refractivity contribution is 5.81. The highest BCUT2D eigenvalue weighted by atomic mass is 16.5. The van der Waals surface area contributed by atoms with Crippen molar-refractivity contribution >= 4 is 5.91 Å². The van der Waals surface area contributed by atoms with Gasteiger partial charge in [0.2, 0.25) is 5.91 Å². The summed E-state index contributed by atoms with van der Waals surface area (Å²) >= 11 is 0. The van der Waals surface area contributed by atoms with Crippen LogP contribution in [-0.4, -0.2) is 37.6 Å². The SMILES string of the molecule is CCN(C)C(=O)C(C)NCc1ccc(C#N)c(OC)c1. The first kappa shape index (κ1) is 16.0. The van der Waals surface area contributed by atoms with E-state index in [4.69, 9.17) is 10.00 Å². The van der Waals surface area contributed by atoms with E-state index in [2.05, 4.69) is 11.4 Å². The lowest BCUT2D eigenvalue weighted by atomic mass is 10.1. The van der Waals surface area contributed by atoms with E-state index in [0.717, 1.165) is 5.56 Å². The fourth-order valence-corrected chi connectivity index (χ4v) is 1.78. The molecule has 0 fully saturated rings. The van der Waals surface area contributed by atoms with Gasteiger partial charge in [-0.1, -0.05) is 6.07 Å². The van der Waals surface area contributed by atoms with Crippen LogP contribution in [0, 0.1) is 11.3 Å². The van der Waals surface area contributed by atoms with Crippen LogP contribution in [0.1, 0.15) is 25.0 Å². The Kier molecular flexibility index (Phi) is 6.01. The molecule has 5 heteroatoms. The average Bonchev–Trinajstić information content (AvgIpc) is 2.50. The number of hydrogen-bond acceptors (Lipinski definition) is 4. The molecular formula is C15H21N3O2. The Balaban J connectivity index is 2.67. The van der Waals surface area contributed by atoms with E-state index in [1.807, 2.05) is 26.0 Å². The molecule has 20 heavy (non-hydrogen) atoms. The van der Waals surface area contributed by atoms with Gasteiger partial charge >= 0.3 is 0 Å². The number of amides is 1. The standard InChI is InChI=1S/C15H21N3O2/c1-5-18(3)15(19)11(2)17-10-12-6-7-13(9-16)14(8-12)20-4/h6-8,11,17H,5,10H2,1-4H3. The van der Waals surface area contributed by atoms with Crippen molar-refractivity contribution in [2.24, 2.45) is 0 Å². The van der Waals surface area contributed by atoms with Crippen molar-refractivity contribution in [1.82, 2.24) is 10.2 Å². The first-order chi connectivity index (χ1) is 9.53. The molecular weight excluding hydrogens is 254 g/mol. The van der Waals surface area contributed by atoms with Crippen LogP contribution in [0.3, 0.4) is 0 Å². The van der Waals surface area contributed by atoms with Crippen LogP contribution in [0.5, 0.6) is 5.75 Å². The zero-order chi connectivity index (χ0) is 15.1. The fraction of sp³-hybridized carbons (Fsp3) is 0.467. The van der Waals surface area contributed by atoms with E-state index in [1.165, 1.54) is 7.11 Å². The van der Waals surface area contributed by atoms with Crippen molar-refractivity contribution in [3.05, 3.63) is 29.3 Å². The largest absolute Gasteiger partial charge is 0.495 e. The van der Waals surface area contributed by atoms with Crippen LogP contribution in [0.4, 0.5) is 0 Å². The van der Waals surface area contributed by atoms with Gasteiger partial charge in [0.05, 0.1) is 18.7 Å². The Morgan fingerprint density at radius 2 is 2.25 bits per heavy atom. The fourth-order valence-electron chi connectivity index (χ4n) is 1.78. The summed E-state index contributed by atoms with van der Waals surface area (Å²) in [6.45, 7) is 5.02. The molecule has 0 heterocycles. The third-order valence-electron chi connectivity index (χ3n) is 3.22. The molecule has 1 atom stereocenters. The van der Waals surface area contributed by atoms with Gasteiger partial charge in [0.25, 0.3) is 0 Å². The number of methoxy groups -OCH3 is 1. The summed E-state index contributed by atoms with van der Waals surface area (Å²) in [7, 11) is 3.32. The number of carbonyl (C=O) groups is 1. The summed E-state index contributed by atoms with van der Waals surface area (Å²) in [5.41, 5.74) is 1.48. The summed E-state index contributed by atoms with van der Waals surface area (Å²) in [6, 6.07) is 7.22. The van der Waals surface area contributed by atoms with Gasteiger partial charge in [0, 0.05) is 20.1 Å². The van der Waals surface area contributed by atoms with Crippen molar-refractivity contribution < 1.29 is 9.53 Å². The third-order valence-corrected chi connectivity index (χ3v) is 3.22. The third kappa shape index (κ3) is 3.97. The zero-order valence-electron chi connectivity index (χ0n) is 12.4. The summed E-state index contributed by atoms with van der Waals surface area (Å²) in [6.07, 6.45) is 0. The Hall–Kier alpha value is -2.06. The normalized spacial score (nSPS) is 11.6. The number of ether oxygens (including phenoxy) is 1. The van der Waals surface area contributed by atoms with Crippen molar-refractivity contribution in [3.8, 4) is 11.8 Å². The van der Waals surface area contributed by atoms with Gasteiger partial charge in [-0.3, -0.25) is 4.79 Å². The number of nitriles is 1. The van der Waals surface area contributed by atoms with Crippen LogP contribution in [0.2, 0.25) is 0 Å². The molecule has 0 saturated heterocycles. The molecule has 0 aromatic heterocycles. The predicted octanol–water partition coefficient (Wildman–Crippen LogP) is 1.52. The van der Waals surface area contributed by atoms with Gasteiger partial charge in [0.1, 0.15) is 11.8 Å². The first-order valence-electron chi connectivity index (χ1n) is 6.58. The Morgan fingerprint density at radius 3 is 2.80 bits per heavy atom. The van der Waals surface area contributed by atoms with Crippen molar-refractivity contribution in [3.63, 3.8) is 0 Å². The minimum absolute atomic E-state index is 0.0631. The van der Waals surface area contributed by atoms with E-state index in [1.54, 1.807) is 18.0 Å². The van der Waals surface area contributed by atoms with Crippen LogP contribution in [0.25, 0.3) is 0 Å². The molecule has 0 aliphatic carbocycles. The van der Waals surface area contributed by atoms with Gasteiger partial charge in [-0.25, -0.2) is 0 Å². The van der Waals surface area contributed by atoms with E-state index >= 15 is 0 Å². The molecule has 1 amide bonds. The number of likely N-dealkylation sites (N-methyl/N-ethyl adjacent to an activating group) is 1. The van der Waals surface area contributed by atoms with Gasteiger partial charge < -0.3 is 15.0 Å². The number of carbonyl (C=O) groups excluding carboxylic acids is 1. The van der Waals surface area contributed by atoms with E-state index in [0.29, 0.717) is 24.4 Å². The molecule has 1 aromatic carbocycles. The Morgan fingerprint density at radius 1 is 1.55 bits per heavy atom. The van der Waals surface area contributed by atoms with Gasteiger partial charge in [-0.15, -0.1) is 0 Å². The minimum Gasteiger partial charge on any atom is -0.495 e. The average molecular weight is 275 g/mol. The molecule has 0 saturated carbocycles. The molecule has 1 aromatic rings. The lowest BCUT2D eigenvalue weighted by Crippen LogP contribution is -2.42. The highest BCUT2D eigenvalue weighted by Crippen LogP contribution is 2.19. The number of nitrogens with zero attached hydrogens (tertiary/aromatic N) is 2. The molecule has 0 spiro atoms. The van der Waals surface area contributed by atoms with Crippen molar-refractivity contribution in [1.29, 1.82) is 5.26 Å². The lowest BCUT2D eigenvalue weighted by Gasteiger charge is -2.20. The molecule has 0 bridgehead atoms. The smallest absolute Gasteiger partial charge is 0.239 e. The predicted molar refractivity (Wildman–Crippen MR) is 77.3 cm³/mol. The molecule has 1 rings (SSSR count). The van der Waals surface area contributed by atoms with Crippen molar-refractivity contribution in [2.75, 3.05) is 20.7 Å². The summed E-state index contributed by atoms with van der Waals surface area (Å²) in [4.78, 5) is 13.6. The molecule has 108 valence electrons. The lowest BCUT2D eigenvalue weighted by molar-refractivity contribution is -0.131. The topological polar surface area (TPSA) is 65.4 Å². The van der Waals surface area contributed by atoms with Crippen molar-refractivity contribution in [2.45, 2.75) is 26.4 Å². The second kappa shape index (κ2) is 7.51. The van der Waals surface area contributed by atoms with Crippen LogP contribution < -0.4 is 10.1 Å². The molecule has 5 nitrogen and oxygen atoms in total. The number of benzene rings is 1. The van der Waals surface area contributed by atoms with Gasteiger partial charge in [0.15, 0.2) is 0 Å². The van der Waals surface area contributed by atoms with Crippen LogP contribution >= 0.6 is 0 Å². The maximum Gasteiger partial charge on any atom is 0.239 e. The van der Waals surface area contributed by atoms with Gasteiger partial charge in [-0.2, -0.15) is 5.26 Å². The number of rotatable bonds is 6. The van der Waals surface area contributed by atoms with E-state index in [-0.39, 0.29) is 11.9 Å². The van der Waals surface area contributed by atoms with Crippen LogP contribution in [0.15, 0.2) is 18.2 Å². The van der Waals surface area contributed by atoms with E-state index < -0.39 is 0 Å². The molecule has 0 radical (unpaired) electrons. The molecule has 0 aliphatic heterocycles. The Bertz CT molecular complexity index is 508. The molecule has 0 aliphatic rings. The Labute approximate surface area is 120 Å². The number of nitrogens with one attached hydrogen (secondary N) is 1. The second-order valence-corrected chi connectivity index (χ2v) is 4.60. The summed E-state index contributed by atoms with van der Waals surface area (Å²) in [5, 5.41) is 12.1. The quantitative estimate of drug-likeness (QED) is 0.855.